The monoisotopic (exact) mass is 231 g/mol. The molecule has 1 atom stereocenters. The van der Waals surface area contributed by atoms with E-state index >= 15 is 0 Å². The zero-order valence-electron chi connectivity index (χ0n) is 9.41. The molecule has 6 heteroatoms. The largest absolute Gasteiger partial charge is 0.298 e. The number of Topliss-reactive ketones (excluding diaryl/α,β-unsaturated/α-hetero) is 1. The van der Waals surface area contributed by atoms with E-state index in [0.717, 1.165) is 25.9 Å². The molecule has 0 spiro atoms. The van der Waals surface area contributed by atoms with Crippen LogP contribution in [0.5, 0.6) is 0 Å². The Morgan fingerprint density at radius 1 is 1.47 bits per heavy atom. The number of carbonyl (C=O) groups excluding carboxylic acids is 1. The molecule has 1 aromatic heterocycles. The Bertz CT molecular complexity index is 480. The van der Waals surface area contributed by atoms with Crippen LogP contribution in [0.25, 0.3) is 0 Å². The number of rotatable bonds is 2. The molecule has 3 saturated heterocycles. The van der Waals surface area contributed by atoms with Gasteiger partial charge < -0.3 is 0 Å². The summed E-state index contributed by atoms with van der Waals surface area (Å²) in [6.07, 6.45) is 3.52. The zero-order valence-corrected chi connectivity index (χ0v) is 9.41. The lowest BCUT2D eigenvalue weighted by Crippen LogP contribution is -2.56. The van der Waals surface area contributed by atoms with Gasteiger partial charge in [0.15, 0.2) is 5.78 Å². The molecule has 3 aliphatic heterocycles. The lowest BCUT2D eigenvalue weighted by atomic mass is 9.82. The number of nitriles is 1. The van der Waals surface area contributed by atoms with Crippen molar-refractivity contribution in [3.63, 3.8) is 0 Å². The first-order valence-corrected chi connectivity index (χ1v) is 5.85. The van der Waals surface area contributed by atoms with Crippen LogP contribution >= 0.6 is 0 Å². The highest BCUT2D eigenvalue weighted by Gasteiger charge is 2.40. The lowest BCUT2D eigenvalue weighted by Gasteiger charge is -2.43. The van der Waals surface area contributed by atoms with Crippen molar-refractivity contribution >= 4 is 5.78 Å². The molecular formula is C11H13N5O. The summed E-state index contributed by atoms with van der Waals surface area (Å²) in [4.78, 5) is 18.2. The Kier molecular flexibility index (Phi) is 2.41. The third-order valence-electron chi connectivity index (χ3n) is 3.70. The van der Waals surface area contributed by atoms with Gasteiger partial charge in [0.25, 0.3) is 5.82 Å². The summed E-state index contributed by atoms with van der Waals surface area (Å²) in [7, 11) is 0. The van der Waals surface area contributed by atoms with E-state index in [2.05, 4.69) is 15.0 Å². The summed E-state index contributed by atoms with van der Waals surface area (Å²) >= 11 is 0. The molecular weight excluding hydrogens is 218 g/mol. The van der Waals surface area contributed by atoms with Crippen molar-refractivity contribution in [2.45, 2.75) is 25.4 Å². The van der Waals surface area contributed by atoms with Gasteiger partial charge in [-0.15, -0.1) is 5.10 Å². The van der Waals surface area contributed by atoms with Crippen molar-refractivity contribution in [2.24, 2.45) is 5.92 Å². The van der Waals surface area contributed by atoms with Gasteiger partial charge >= 0.3 is 0 Å². The SMILES string of the molecule is N#Cc1ncn(CC2C(=O)C3CCN2CC3)n1. The molecule has 2 bridgehead atoms. The number of piperidine rings is 3. The fourth-order valence-electron chi connectivity index (χ4n) is 2.76. The Morgan fingerprint density at radius 2 is 2.24 bits per heavy atom. The highest BCUT2D eigenvalue weighted by Crippen LogP contribution is 2.29. The molecule has 0 saturated carbocycles. The third-order valence-corrected chi connectivity index (χ3v) is 3.70. The number of hydrogen-bond acceptors (Lipinski definition) is 5. The van der Waals surface area contributed by atoms with Gasteiger partial charge in [0.05, 0.1) is 12.6 Å². The maximum Gasteiger partial charge on any atom is 0.252 e. The van der Waals surface area contributed by atoms with E-state index in [1.165, 1.54) is 6.33 Å². The molecule has 17 heavy (non-hydrogen) atoms. The molecule has 4 rings (SSSR count). The van der Waals surface area contributed by atoms with Crippen molar-refractivity contribution in [1.29, 1.82) is 5.26 Å². The highest BCUT2D eigenvalue weighted by atomic mass is 16.1. The van der Waals surface area contributed by atoms with Gasteiger partial charge in [-0.2, -0.15) is 5.26 Å². The molecule has 3 fully saturated rings. The summed E-state index contributed by atoms with van der Waals surface area (Å²) in [5, 5.41) is 12.7. The van der Waals surface area contributed by atoms with Crippen LogP contribution in [0.3, 0.4) is 0 Å². The molecule has 6 nitrogen and oxygen atoms in total. The normalized spacial score (nSPS) is 31.5. The van der Waals surface area contributed by atoms with E-state index in [4.69, 9.17) is 5.26 Å². The predicted molar refractivity (Wildman–Crippen MR) is 57.8 cm³/mol. The van der Waals surface area contributed by atoms with Crippen molar-refractivity contribution in [1.82, 2.24) is 19.7 Å². The number of ketones is 1. The van der Waals surface area contributed by atoms with Gasteiger partial charge in [-0.05, 0) is 25.9 Å². The van der Waals surface area contributed by atoms with Gasteiger partial charge in [-0.3, -0.25) is 9.69 Å². The second-order valence-electron chi connectivity index (χ2n) is 4.63. The molecule has 0 aromatic carbocycles. The summed E-state index contributed by atoms with van der Waals surface area (Å²) in [6.45, 7) is 2.52. The van der Waals surface area contributed by atoms with Crippen LogP contribution in [0.15, 0.2) is 6.33 Å². The molecule has 3 aliphatic rings. The van der Waals surface area contributed by atoms with E-state index in [9.17, 15) is 4.79 Å². The molecule has 4 heterocycles. The molecule has 1 unspecified atom stereocenters. The van der Waals surface area contributed by atoms with E-state index in [1.54, 1.807) is 4.68 Å². The quantitative estimate of drug-likeness (QED) is 0.705. The van der Waals surface area contributed by atoms with Crippen LogP contribution in [0.1, 0.15) is 18.7 Å². The molecule has 0 amide bonds. The molecule has 1 aromatic rings. The Hall–Kier alpha value is -1.74. The van der Waals surface area contributed by atoms with E-state index in [1.807, 2.05) is 6.07 Å². The minimum atomic E-state index is -0.0734. The van der Waals surface area contributed by atoms with Crippen LogP contribution in [-0.2, 0) is 11.3 Å². The maximum absolute atomic E-state index is 12.1. The standard InChI is InChI=1S/C11H13N5O/c12-5-10-13-7-16(14-10)6-9-11(17)8-1-3-15(9)4-2-8/h7-9H,1-4,6H2. The second kappa shape index (κ2) is 3.93. The third kappa shape index (κ3) is 1.72. The first kappa shape index (κ1) is 10.4. The fourth-order valence-corrected chi connectivity index (χ4v) is 2.76. The van der Waals surface area contributed by atoms with Crippen LogP contribution in [0.4, 0.5) is 0 Å². The summed E-state index contributed by atoms with van der Waals surface area (Å²) in [6, 6.07) is 1.81. The van der Waals surface area contributed by atoms with Gasteiger partial charge in [-0.25, -0.2) is 9.67 Å². The van der Waals surface area contributed by atoms with Crippen molar-refractivity contribution in [3.8, 4) is 6.07 Å². The zero-order chi connectivity index (χ0) is 11.8. The van der Waals surface area contributed by atoms with E-state index < -0.39 is 0 Å². The van der Waals surface area contributed by atoms with Crippen molar-refractivity contribution in [2.75, 3.05) is 13.1 Å². The van der Waals surface area contributed by atoms with Gasteiger partial charge in [-0.1, -0.05) is 0 Å². The number of carbonyl (C=O) groups is 1. The van der Waals surface area contributed by atoms with Crippen molar-refractivity contribution < 1.29 is 4.79 Å². The number of fused-ring (bicyclic) bond motifs is 3. The van der Waals surface area contributed by atoms with Gasteiger partial charge in [0.2, 0.25) is 0 Å². The first-order chi connectivity index (χ1) is 8.28. The maximum atomic E-state index is 12.1. The summed E-state index contributed by atoms with van der Waals surface area (Å²) in [5.74, 6) is 0.730. The van der Waals surface area contributed by atoms with Crippen LogP contribution < -0.4 is 0 Å². The second-order valence-corrected chi connectivity index (χ2v) is 4.63. The van der Waals surface area contributed by atoms with Crippen LogP contribution in [-0.4, -0.2) is 44.6 Å². The summed E-state index contributed by atoms with van der Waals surface area (Å²) < 4.78 is 1.60. The minimum absolute atomic E-state index is 0.0734. The Morgan fingerprint density at radius 3 is 2.82 bits per heavy atom. The Balaban J connectivity index is 1.77. The highest BCUT2D eigenvalue weighted by molar-refractivity contribution is 5.87. The first-order valence-electron chi connectivity index (χ1n) is 5.85. The topological polar surface area (TPSA) is 74.8 Å². The molecule has 88 valence electrons. The molecule has 0 radical (unpaired) electrons. The van der Waals surface area contributed by atoms with Gasteiger partial charge in [0, 0.05) is 5.92 Å². The van der Waals surface area contributed by atoms with Gasteiger partial charge in [0.1, 0.15) is 12.4 Å². The fraction of sp³-hybridized carbons (Fsp3) is 0.636. The van der Waals surface area contributed by atoms with Crippen LogP contribution in [0, 0.1) is 17.2 Å². The summed E-state index contributed by atoms with van der Waals surface area (Å²) in [5.41, 5.74) is 0. The average molecular weight is 231 g/mol. The molecule has 0 N–H and O–H groups in total. The number of hydrogen-bond donors (Lipinski definition) is 0. The Labute approximate surface area is 98.8 Å². The number of aromatic nitrogens is 3. The lowest BCUT2D eigenvalue weighted by molar-refractivity contribution is -0.137. The van der Waals surface area contributed by atoms with Crippen molar-refractivity contribution in [3.05, 3.63) is 12.2 Å². The predicted octanol–water partition coefficient (Wildman–Crippen LogP) is -0.187. The molecule has 0 aliphatic carbocycles. The number of nitrogens with zero attached hydrogens (tertiary/aromatic N) is 5. The smallest absolute Gasteiger partial charge is 0.252 e. The minimum Gasteiger partial charge on any atom is -0.298 e. The van der Waals surface area contributed by atoms with Crippen LogP contribution in [0.2, 0.25) is 0 Å². The van der Waals surface area contributed by atoms with E-state index in [-0.39, 0.29) is 17.8 Å². The van der Waals surface area contributed by atoms with E-state index in [0.29, 0.717) is 12.3 Å². The average Bonchev–Trinajstić information content (AvgIpc) is 2.82.